The Bertz CT molecular complexity index is 675. The summed E-state index contributed by atoms with van der Waals surface area (Å²) >= 11 is 0.977. The molecule has 9 nitrogen and oxygen atoms in total. The van der Waals surface area contributed by atoms with Crippen LogP contribution >= 0.6 is 11.3 Å². The van der Waals surface area contributed by atoms with E-state index in [4.69, 9.17) is 5.11 Å². The number of carboxylic acids is 1. The molecule has 0 aliphatic rings. The van der Waals surface area contributed by atoms with Crippen molar-refractivity contribution in [3.05, 3.63) is 16.9 Å². The molecular formula is C7H7N5O4S2. The first-order valence-corrected chi connectivity index (χ1v) is 6.85. The number of H-pyrrole nitrogens is 1. The predicted molar refractivity (Wildman–Crippen MR) is 61.0 cm³/mol. The second-order valence-electron chi connectivity index (χ2n) is 3.18. The predicted octanol–water partition coefficient (Wildman–Crippen LogP) is 0.0686. The second kappa shape index (κ2) is 4.34. The number of rotatable bonds is 4. The lowest BCUT2D eigenvalue weighted by Crippen LogP contribution is -2.16. The summed E-state index contributed by atoms with van der Waals surface area (Å²) in [7, 11) is -4.06. The molecule has 0 amide bonds. The molecule has 0 aliphatic carbocycles. The van der Waals surface area contributed by atoms with Gasteiger partial charge in [0.05, 0.1) is 5.69 Å². The lowest BCUT2D eigenvalue weighted by Gasteiger charge is -2.04. The van der Waals surface area contributed by atoms with E-state index in [1.807, 2.05) is 0 Å². The van der Waals surface area contributed by atoms with Gasteiger partial charge in [-0.15, -0.1) is 10.2 Å². The number of aromatic nitrogens is 4. The lowest BCUT2D eigenvalue weighted by molar-refractivity contribution is 0.0686. The number of nitrogens with zero attached hydrogens (tertiary/aromatic N) is 3. The summed E-state index contributed by atoms with van der Waals surface area (Å²) in [5.74, 6) is -1.43. The number of carboxylic acid groups (broad SMARTS) is 1. The maximum atomic E-state index is 12.0. The number of carbonyl (C=O) groups is 1. The molecule has 0 aromatic carbocycles. The zero-order chi connectivity index (χ0) is 13.3. The van der Waals surface area contributed by atoms with Gasteiger partial charge in [0.1, 0.15) is 10.4 Å². The fraction of sp³-hybridized carbons (Fsp3) is 0.143. The van der Waals surface area contributed by atoms with Gasteiger partial charge in [0.25, 0.3) is 10.0 Å². The summed E-state index contributed by atoms with van der Waals surface area (Å²) in [6.07, 6.45) is 0. The SMILES string of the molecule is Cc1[nH]nc(C(=O)O)c1S(=O)(=O)Nc1nncs1. The van der Waals surface area contributed by atoms with Crippen molar-refractivity contribution in [3.63, 3.8) is 0 Å². The monoisotopic (exact) mass is 289 g/mol. The van der Waals surface area contributed by atoms with Crippen LogP contribution in [0.3, 0.4) is 0 Å². The number of aryl methyl sites for hydroxylation is 1. The molecule has 18 heavy (non-hydrogen) atoms. The first kappa shape index (κ1) is 12.4. The zero-order valence-corrected chi connectivity index (χ0v) is 10.5. The van der Waals surface area contributed by atoms with Gasteiger partial charge < -0.3 is 5.11 Å². The maximum Gasteiger partial charge on any atom is 0.357 e. The lowest BCUT2D eigenvalue weighted by atomic mass is 10.4. The van der Waals surface area contributed by atoms with Crippen LogP contribution in [0.1, 0.15) is 16.2 Å². The van der Waals surface area contributed by atoms with Gasteiger partial charge in [-0.3, -0.25) is 9.82 Å². The number of hydrogen-bond acceptors (Lipinski definition) is 7. The average molecular weight is 289 g/mol. The van der Waals surface area contributed by atoms with E-state index in [0.717, 1.165) is 11.3 Å². The van der Waals surface area contributed by atoms with Crippen molar-refractivity contribution in [1.82, 2.24) is 20.4 Å². The van der Waals surface area contributed by atoms with Crippen molar-refractivity contribution in [3.8, 4) is 0 Å². The fourth-order valence-corrected chi connectivity index (χ4v) is 3.30. The molecule has 2 aromatic heterocycles. The number of aromatic amines is 1. The number of hydrogen-bond donors (Lipinski definition) is 3. The van der Waals surface area contributed by atoms with Crippen LogP contribution in [-0.4, -0.2) is 39.9 Å². The number of aromatic carboxylic acids is 1. The first-order chi connectivity index (χ1) is 8.42. The van der Waals surface area contributed by atoms with Crippen LogP contribution in [0.25, 0.3) is 0 Å². The van der Waals surface area contributed by atoms with E-state index in [-0.39, 0.29) is 10.8 Å². The van der Waals surface area contributed by atoms with E-state index in [0.29, 0.717) is 0 Å². The summed E-state index contributed by atoms with van der Waals surface area (Å²) in [6, 6.07) is 0. The third-order valence-electron chi connectivity index (χ3n) is 1.94. The van der Waals surface area contributed by atoms with Crippen molar-refractivity contribution >= 4 is 32.5 Å². The Morgan fingerprint density at radius 1 is 1.56 bits per heavy atom. The smallest absolute Gasteiger partial charge is 0.357 e. The zero-order valence-electron chi connectivity index (χ0n) is 8.91. The van der Waals surface area contributed by atoms with Crippen LogP contribution in [0.5, 0.6) is 0 Å². The van der Waals surface area contributed by atoms with Gasteiger partial charge >= 0.3 is 5.97 Å². The fourth-order valence-electron chi connectivity index (χ4n) is 1.28. The molecule has 0 bridgehead atoms. The van der Waals surface area contributed by atoms with Crippen LogP contribution < -0.4 is 4.72 Å². The number of sulfonamides is 1. The average Bonchev–Trinajstić information content (AvgIpc) is 2.86. The highest BCUT2D eigenvalue weighted by molar-refractivity contribution is 7.93. The Morgan fingerprint density at radius 3 is 2.83 bits per heavy atom. The highest BCUT2D eigenvalue weighted by atomic mass is 32.2. The van der Waals surface area contributed by atoms with Gasteiger partial charge in [0, 0.05) is 0 Å². The van der Waals surface area contributed by atoms with Crippen LogP contribution in [0.15, 0.2) is 10.4 Å². The van der Waals surface area contributed by atoms with Crippen molar-refractivity contribution in [2.75, 3.05) is 4.72 Å². The van der Waals surface area contributed by atoms with Crippen LogP contribution in [-0.2, 0) is 10.0 Å². The Kier molecular flexibility index (Phi) is 3.00. The third-order valence-corrected chi connectivity index (χ3v) is 4.18. The van der Waals surface area contributed by atoms with Crippen molar-refractivity contribution in [2.24, 2.45) is 0 Å². The molecule has 2 aromatic rings. The summed E-state index contributed by atoms with van der Waals surface area (Å²) in [6.45, 7) is 1.41. The molecule has 0 unspecified atom stereocenters. The normalized spacial score (nSPS) is 11.4. The Balaban J connectivity index is 2.47. The van der Waals surface area contributed by atoms with Gasteiger partial charge in [-0.2, -0.15) is 5.10 Å². The molecule has 0 aliphatic heterocycles. The maximum absolute atomic E-state index is 12.0. The number of nitrogens with one attached hydrogen (secondary N) is 2. The van der Waals surface area contributed by atoms with E-state index >= 15 is 0 Å². The summed E-state index contributed by atoms with van der Waals surface area (Å²) in [4.78, 5) is 10.5. The summed E-state index contributed by atoms with van der Waals surface area (Å²) in [5.41, 5.74) is 0.909. The minimum absolute atomic E-state index is 0.0481. The highest BCUT2D eigenvalue weighted by Crippen LogP contribution is 2.21. The quantitative estimate of drug-likeness (QED) is 0.723. The molecule has 2 rings (SSSR count). The van der Waals surface area contributed by atoms with Crippen molar-refractivity contribution in [2.45, 2.75) is 11.8 Å². The van der Waals surface area contributed by atoms with Gasteiger partial charge in [0.2, 0.25) is 5.13 Å². The van der Waals surface area contributed by atoms with Gasteiger partial charge in [-0.1, -0.05) is 11.3 Å². The molecule has 96 valence electrons. The molecule has 0 spiro atoms. The van der Waals surface area contributed by atoms with Gasteiger partial charge in [0.15, 0.2) is 5.69 Å². The molecule has 0 saturated heterocycles. The minimum Gasteiger partial charge on any atom is -0.476 e. The molecule has 0 atom stereocenters. The second-order valence-corrected chi connectivity index (χ2v) is 5.63. The molecule has 3 N–H and O–H groups in total. The number of anilines is 1. The van der Waals surface area contributed by atoms with E-state index < -0.39 is 26.6 Å². The van der Waals surface area contributed by atoms with Crippen LogP contribution in [0, 0.1) is 6.92 Å². The Labute approximate surface area is 105 Å². The topological polar surface area (TPSA) is 138 Å². The summed E-state index contributed by atoms with van der Waals surface area (Å²) < 4.78 is 26.2. The minimum atomic E-state index is -4.06. The highest BCUT2D eigenvalue weighted by Gasteiger charge is 2.28. The molecule has 0 radical (unpaired) electrons. The first-order valence-electron chi connectivity index (χ1n) is 4.49. The summed E-state index contributed by atoms with van der Waals surface area (Å²) in [5, 5.41) is 21.7. The molecule has 11 heteroatoms. The molecule has 0 saturated carbocycles. The van der Waals surface area contributed by atoms with Crippen LogP contribution in [0.2, 0.25) is 0 Å². The largest absolute Gasteiger partial charge is 0.476 e. The van der Waals surface area contributed by atoms with Gasteiger partial charge in [-0.25, -0.2) is 13.2 Å². The Morgan fingerprint density at radius 2 is 2.28 bits per heavy atom. The molecule has 2 heterocycles. The van der Waals surface area contributed by atoms with Crippen molar-refractivity contribution < 1.29 is 18.3 Å². The standard InChI is InChI=1S/C7H7N5O4S2/c1-3-5(4(6(13)14)10-9-3)18(15,16)12-7-11-8-2-17-7/h2H,1H3,(H,9,10)(H,11,12)(H,13,14). The van der Waals surface area contributed by atoms with E-state index in [9.17, 15) is 13.2 Å². The van der Waals surface area contributed by atoms with E-state index in [1.165, 1.54) is 12.4 Å². The van der Waals surface area contributed by atoms with E-state index in [1.54, 1.807) is 0 Å². The Hall–Kier alpha value is -2.01. The molecule has 0 fully saturated rings. The van der Waals surface area contributed by atoms with Crippen LogP contribution in [0.4, 0.5) is 5.13 Å². The van der Waals surface area contributed by atoms with Crippen molar-refractivity contribution in [1.29, 1.82) is 0 Å². The third kappa shape index (κ3) is 2.17. The molecular weight excluding hydrogens is 282 g/mol. The van der Waals surface area contributed by atoms with Gasteiger partial charge in [-0.05, 0) is 6.92 Å². The van der Waals surface area contributed by atoms with E-state index in [2.05, 4.69) is 25.1 Å².